The van der Waals surface area contributed by atoms with Gasteiger partial charge in [-0.25, -0.2) is 17.9 Å². The number of furan rings is 1. The molecule has 0 atom stereocenters. The molecule has 4 rings (SSSR count). The van der Waals surface area contributed by atoms with Crippen molar-refractivity contribution in [2.24, 2.45) is 0 Å². The zero-order chi connectivity index (χ0) is 23.8. The number of benzene rings is 2. The van der Waals surface area contributed by atoms with E-state index in [2.05, 4.69) is 11.7 Å². The van der Waals surface area contributed by atoms with Crippen LogP contribution in [-0.4, -0.2) is 37.5 Å². The number of rotatable bonds is 5. The average Bonchev–Trinajstić information content (AvgIpc) is 3.38. The second-order valence-corrected chi connectivity index (χ2v) is 9.35. The highest BCUT2D eigenvalue weighted by Crippen LogP contribution is 2.23. The van der Waals surface area contributed by atoms with Crippen LogP contribution in [0.4, 0.5) is 0 Å². The Morgan fingerprint density at radius 2 is 1.85 bits per heavy atom. The highest BCUT2D eigenvalue weighted by atomic mass is 32.2. The molecule has 0 bridgehead atoms. The van der Waals surface area contributed by atoms with E-state index < -0.39 is 15.8 Å². The van der Waals surface area contributed by atoms with Crippen LogP contribution in [0.5, 0.6) is 0 Å². The minimum Gasteiger partial charge on any atom is -0.465 e. The lowest BCUT2D eigenvalue weighted by Gasteiger charge is -2.02. The van der Waals surface area contributed by atoms with Crippen molar-refractivity contribution in [2.75, 3.05) is 13.4 Å². The van der Waals surface area contributed by atoms with Crippen LogP contribution in [0.15, 0.2) is 74.8 Å². The van der Waals surface area contributed by atoms with E-state index in [9.17, 15) is 18.0 Å². The first-order valence-electron chi connectivity index (χ1n) is 9.78. The lowest BCUT2D eigenvalue weighted by molar-refractivity contribution is 0.0600. The summed E-state index contributed by atoms with van der Waals surface area (Å²) in [5, 5.41) is 3.56. The molecule has 9 heteroatoms. The number of ether oxygens (including phenoxy) is 1. The Morgan fingerprint density at radius 3 is 2.52 bits per heavy atom. The highest BCUT2D eigenvalue weighted by Gasteiger charge is 2.11. The Hall–Kier alpha value is -4.11. The van der Waals surface area contributed by atoms with Gasteiger partial charge in [0.15, 0.2) is 9.84 Å². The molecular weight excluding hydrogens is 444 g/mol. The van der Waals surface area contributed by atoms with Crippen LogP contribution in [0.3, 0.4) is 0 Å². The number of aromatic amines is 1. The molecule has 0 spiro atoms. The molecular formula is C24H20N2O6S. The maximum atomic E-state index is 13.0. The van der Waals surface area contributed by atoms with Crippen molar-refractivity contribution in [3.05, 3.63) is 92.9 Å². The third-order valence-corrected chi connectivity index (χ3v) is 6.14. The van der Waals surface area contributed by atoms with E-state index in [-0.39, 0.29) is 10.5 Å². The molecule has 8 nitrogen and oxygen atoms in total. The molecule has 33 heavy (non-hydrogen) atoms. The summed E-state index contributed by atoms with van der Waals surface area (Å²) in [5.41, 5.74) is 1.19. The third kappa shape index (κ3) is 4.44. The molecule has 2 aromatic carbocycles. The Balaban J connectivity index is 1.70. The van der Waals surface area contributed by atoms with Crippen molar-refractivity contribution in [1.82, 2.24) is 9.78 Å². The number of H-pyrrole nitrogens is 1. The molecule has 0 saturated heterocycles. The molecule has 0 amide bonds. The second kappa shape index (κ2) is 8.44. The number of methoxy groups -OCH3 is 1. The van der Waals surface area contributed by atoms with Gasteiger partial charge in [-0.05, 0) is 54.6 Å². The van der Waals surface area contributed by atoms with Crippen LogP contribution in [-0.2, 0) is 14.6 Å². The molecule has 0 aliphatic carbocycles. The zero-order valence-electron chi connectivity index (χ0n) is 17.9. The largest absolute Gasteiger partial charge is 0.465 e. The first-order valence-corrected chi connectivity index (χ1v) is 11.7. The highest BCUT2D eigenvalue weighted by molar-refractivity contribution is 7.90. The third-order valence-electron chi connectivity index (χ3n) is 5.01. The van der Waals surface area contributed by atoms with Crippen LogP contribution < -0.4 is 16.1 Å². The molecule has 0 saturated carbocycles. The lowest BCUT2D eigenvalue weighted by Crippen LogP contribution is -2.33. The number of aromatic nitrogens is 2. The molecule has 2 heterocycles. The minimum atomic E-state index is -3.34. The molecule has 0 aliphatic heterocycles. The Labute approximate surface area is 189 Å². The van der Waals surface area contributed by atoms with Gasteiger partial charge in [-0.2, -0.15) is 0 Å². The standard InChI is InChI=1S/C24H20N2O6S/c1-15-21(23(27)26(25-15)18-7-10-20(11-8-18)33(3,29)30)14-19-9-12-22(32-19)16-5-4-6-17(13-16)24(28)31-2/h4-14,25H,1H2,2-3H3/b21-14-. The molecule has 0 aliphatic rings. The number of carbonyl (C=O) groups is 1. The van der Waals surface area contributed by atoms with Gasteiger partial charge in [0.1, 0.15) is 11.5 Å². The number of esters is 1. The summed E-state index contributed by atoms with van der Waals surface area (Å²) < 4.78 is 35.2. The maximum Gasteiger partial charge on any atom is 0.337 e. The number of nitrogens with zero attached hydrogens (tertiary/aromatic N) is 1. The van der Waals surface area contributed by atoms with Gasteiger partial charge in [0, 0.05) is 11.8 Å². The SMILES string of the molecule is C=c1[nH]n(-c2ccc(S(C)(=O)=O)cc2)c(=O)/c1=C\c1ccc(-c2cccc(C(=O)OC)c2)o1. The van der Waals surface area contributed by atoms with Crippen LogP contribution in [0, 0.1) is 0 Å². The topological polar surface area (TPSA) is 111 Å². The normalized spacial score (nSPS) is 12.1. The van der Waals surface area contributed by atoms with E-state index in [4.69, 9.17) is 9.15 Å². The number of nitrogens with one attached hydrogen (secondary N) is 1. The number of hydrogen-bond acceptors (Lipinski definition) is 6. The number of carbonyl (C=O) groups excluding carboxylic acids is 1. The monoisotopic (exact) mass is 464 g/mol. The van der Waals surface area contributed by atoms with Gasteiger partial charge in [0.05, 0.1) is 33.8 Å². The Kier molecular flexibility index (Phi) is 5.65. The summed E-state index contributed by atoms with van der Waals surface area (Å²) in [6, 6.07) is 16.2. The predicted octanol–water partition coefficient (Wildman–Crippen LogP) is 1.85. The van der Waals surface area contributed by atoms with Crippen LogP contribution in [0.2, 0.25) is 0 Å². The average molecular weight is 464 g/mol. The van der Waals surface area contributed by atoms with E-state index in [1.54, 1.807) is 42.5 Å². The van der Waals surface area contributed by atoms with Crippen LogP contribution in [0.25, 0.3) is 29.7 Å². The van der Waals surface area contributed by atoms with E-state index in [0.717, 1.165) is 6.26 Å². The van der Waals surface area contributed by atoms with Crippen molar-refractivity contribution < 1.29 is 22.4 Å². The van der Waals surface area contributed by atoms with Crippen molar-refractivity contribution in [2.45, 2.75) is 4.90 Å². The van der Waals surface area contributed by atoms with E-state index in [0.29, 0.717) is 38.9 Å². The van der Waals surface area contributed by atoms with E-state index >= 15 is 0 Å². The predicted molar refractivity (Wildman–Crippen MR) is 123 cm³/mol. The quantitative estimate of drug-likeness (QED) is 0.451. The van der Waals surface area contributed by atoms with Gasteiger partial charge in [-0.3, -0.25) is 9.89 Å². The first-order chi connectivity index (χ1) is 15.7. The van der Waals surface area contributed by atoms with Crippen molar-refractivity contribution >= 4 is 28.5 Å². The summed E-state index contributed by atoms with van der Waals surface area (Å²) in [5.74, 6) is 0.494. The Morgan fingerprint density at radius 1 is 1.12 bits per heavy atom. The summed E-state index contributed by atoms with van der Waals surface area (Å²) in [7, 11) is -2.02. The lowest BCUT2D eigenvalue weighted by atomic mass is 10.1. The van der Waals surface area contributed by atoms with Gasteiger partial charge in [0.2, 0.25) is 0 Å². The fourth-order valence-electron chi connectivity index (χ4n) is 3.31. The van der Waals surface area contributed by atoms with Crippen molar-refractivity contribution in [3.63, 3.8) is 0 Å². The number of sulfone groups is 1. The molecule has 0 fully saturated rings. The summed E-state index contributed by atoms with van der Waals surface area (Å²) >= 11 is 0. The smallest absolute Gasteiger partial charge is 0.337 e. The van der Waals surface area contributed by atoms with Gasteiger partial charge in [-0.1, -0.05) is 18.7 Å². The van der Waals surface area contributed by atoms with Gasteiger partial charge < -0.3 is 9.15 Å². The van der Waals surface area contributed by atoms with Gasteiger partial charge in [-0.15, -0.1) is 0 Å². The molecule has 2 aromatic heterocycles. The molecule has 0 unspecified atom stereocenters. The second-order valence-electron chi connectivity index (χ2n) is 7.33. The van der Waals surface area contributed by atoms with Crippen molar-refractivity contribution in [3.8, 4) is 17.0 Å². The fraction of sp³-hybridized carbons (Fsp3) is 0.0833. The summed E-state index contributed by atoms with van der Waals surface area (Å²) in [4.78, 5) is 24.9. The maximum absolute atomic E-state index is 13.0. The number of hydrogen-bond donors (Lipinski definition) is 1. The minimum absolute atomic E-state index is 0.159. The van der Waals surface area contributed by atoms with Crippen molar-refractivity contribution in [1.29, 1.82) is 0 Å². The molecule has 4 aromatic rings. The Bertz CT molecular complexity index is 1620. The molecule has 0 radical (unpaired) electrons. The summed E-state index contributed by atoms with van der Waals surface area (Å²) in [6.07, 6.45) is 2.68. The fourth-order valence-corrected chi connectivity index (χ4v) is 3.94. The molecule has 168 valence electrons. The molecule has 1 N–H and O–H groups in total. The van der Waals surface area contributed by atoms with Crippen LogP contribution >= 0.6 is 0 Å². The van der Waals surface area contributed by atoms with Gasteiger partial charge >= 0.3 is 5.97 Å². The van der Waals surface area contributed by atoms with E-state index in [1.165, 1.54) is 36.1 Å². The van der Waals surface area contributed by atoms with Gasteiger partial charge in [0.25, 0.3) is 5.56 Å². The van der Waals surface area contributed by atoms with Crippen LogP contribution in [0.1, 0.15) is 16.1 Å². The summed E-state index contributed by atoms with van der Waals surface area (Å²) in [6.45, 7) is 3.89. The zero-order valence-corrected chi connectivity index (χ0v) is 18.7. The first kappa shape index (κ1) is 22.1. The van der Waals surface area contributed by atoms with E-state index in [1.807, 2.05) is 0 Å².